The normalized spacial score (nSPS) is 11.6. The van der Waals surface area contributed by atoms with Gasteiger partial charge in [-0.2, -0.15) is 0 Å². The van der Waals surface area contributed by atoms with Gasteiger partial charge in [0, 0.05) is 18.7 Å². The van der Waals surface area contributed by atoms with E-state index in [1.54, 1.807) is 36.6 Å². The quantitative estimate of drug-likeness (QED) is 0.241. The Labute approximate surface area is 167 Å². The third-order valence-electron chi connectivity index (χ3n) is 4.33. The summed E-state index contributed by atoms with van der Waals surface area (Å²) in [5.41, 5.74) is 3.91. The number of aromatic nitrogens is 1. The molecule has 0 radical (unpaired) electrons. The standard InChI is InChI=1S/C23H17N3O3/c27-26(28)21-11-5-4-9-18(21)10-6-14-24-19-12-13-22-20(16-19)25-23(29-22)15-17-7-2-1-3-8-17/h1-14,16H,15H2/b10-6+,24-14?. The fourth-order valence-corrected chi connectivity index (χ4v) is 2.96. The molecule has 0 bridgehead atoms. The van der Waals surface area contributed by atoms with Gasteiger partial charge in [-0.25, -0.2) is 4.98 Å². The molecule has 29 heavy (non-hydrogen) atoms. The number of fused-ring (bicyclic) bond motifs is 1. The van der Waals surface area contributed by atoms with Crippen molar-refractivity contribution in [3.8, 4) is 0 Å². The summed E-state index contributed by atoms with van der Waals surface area (Å²) in [6.45, 7) is 0. The van der Waals surface area contributed by atoms with Gasteiger partial charge in [0.15, 0.2) is 11.5 Å². The molecule has 0 amide bonds. The van der Waals surface area contributed by atoms with E-state index in [-0.39, 0.29) is 5.69 Å². The van der Waals surface area contributed by atoms with Crippen molar-refractivity contribution in [1.29, 1.82) is 0 Å². The molecule has 0 aliphatic carbocycles. The van der Waals surface area contributed by atoms with E-state index in [9.17, 15) is 10.1 Å². The van der Waals surface area contributed by atoms with Gasteiger partial charge in [0.1, 0.15) is 5.52 Å². The highest BCUT2D eigenvalue weighted by Gasteiger charge is 2.09. The monoisotopic (exact) mass is 383 g/mol. The maximum atomic E-state index is 11.0. The molecule has 0 spiro atoms. The zero-order valence-corrected chi connectivity index (χ0v) is 15.4. The van der Waals surface area contributed by atoms with Crippen LogP contribution in [0.15, 0.2) is 88.3 Å². The van der Waals surface area contributed by atoms with Crippen LogP contribution in [0.25, 0.3) is 17.2 Å². The highest BCUT2D eigenvalue weighted by atomic mass is 16.6. The van der Waals surface area contributed by atoms with E-state index in [1.165, 1.54) is 6.07 Å². The Morgan fingerprint density at radius 2 is 1.83 bits per heavy atom. The second-order valence-electron chi connectivity index (χ2n) is 6.38. The summed E-state index contributed by atoms with van der Waals surface area (Å²) in [5.74, 6) is 0.656. The number of nitrogens with zero attached hydrogens (tertiary/aromatic N) is 3. The van der Waals surface area contributed by atoms with Crippen LogP contribution in [-0.2, 0) is 6.42 Å². The molecule has 0 saturated carbocycles. The Balaban J connectivity index is 1.49. The summed E-state index contributed by atoms with van der Waals surface area (Å²) >= 11 is 0. The Bertz CT molecular complexity index is 1210. The molecular formula is C23H17N3O3. The van der Waals surface area contributed by atoms with Crippen LogP contribution >= 0.6 is 0 Å². The zero-order valence-electron chi connectivity index (χ0n) is 15.4. The molecular weight excluding hydrogens is 366 g/mol. The van der Waals surface area contributed by atoms with Crippen molar-refractivity contribution in [2.45, 2.75) is 6.42 Å². The Morgan fingerprint density at radius 1 is 1.03 bits per heavy atom. The number of oxazole rings is 1. The van der Waals surface area contributed by atoms with Crippen molar-refractivity contribution in [1.82, 2.24) is 4.98 Å². The summed E-state index contributed by atoms with van der Waals surface area (Å²) in [6.07, 6.45) is 5.57. The summed E-state index contributed by atoms with van der Waals surface area (Å²) in [7, 11) is 0. The summed E-state index contributed by atoms with van der Waals surface area (Å²) in [6, 6.07) is 22.1. The van der Waals surface area contributed by atoms with E-state index in [0.29, 0.717) is 23.5 Å². The largest absolute Gasteiger partial charge is 0.440 e. The number of allylic oxidation sites excluding steroid dienone is 1. The lowest BCUT2D eigenvalue weighted by molar-refractivity contribution is -0.385. The van der Waals surface area contributed by atoms with Gasteiger partial charge in [-0.15, -0.1) is 0 Å². The van der Waals surface area contributed by atoms with Gasteiger partial charge < -0.3 is 4.42 Å². The summed E-state index contributed by atoms with van der Waals surface area (Å²) < 4.78 is 5.81. The van der Waals surface area contributed by atoms with Crippen LogP contribution in [-0.4, -0.2) is 16.1 Å². The number of aliphatic imine (C=N–C) groups is 1. The molecule has 142 valence electrons. The lowest BCUT2D eigenvalue weighted by Gasteiger charge is -1.95. The molecule has 0 N–H and O–H groups in total. The molecule has 4 rings (SSSR count). The average Bonchev–Trinajstić information content (AvgIpc) is 3.13. The Hall–Kier alpha value is -4.06. The second-order valence-corrected chi connectivity index (χ2v) is 6.38. The van der Waals surface area contributed by atoms with E-state index >= 15 is 0 Å². The molecule has 1 heterocycles. The van der Waals surface area contributed by atoms with Gasteiger partial charge in [-0.05, 0) is 42.0 Å². The molecule has 0 fully saturated rings. The smallest absolute Gasteiger partial charge is 0.276 e. The number of hydrogen-bond donors (Lipinski definition) is 0. The van der Waals surface area contributed by atoms with E-state index in [1.807, 2.05) is 48.5 Å². The first-order valence-electron chi connectivity index (χ1n) is 9.06. The molecule has 0 aliphatic rings. The van der Waals surface area contributed by atoms with Crippen molar-refractivity contribution in [2.24, 2.45) is 4.99 Å². The fraction of sp³-hybridized carbons (Fsp3) is 0.0435. The first kappa shape index (κ1) is 18.3. The predicted molar refractivity (Wildman–Crippen MR) is 114 cm³/mol. The molecule has 0 unspecified atom stereocenters. The highest BCUT2D eigenvalue weighted by molar-refractivity contribution is 5.83. The number of benzene rings is 3. The van der Waals surface area contributed by atoms with Crippen LogP contribution in [0.5, 0.6) is 0 Å². The third kappa shape index (κ3) is 4.44. The van der Waals surface area contributed by atoms with E-state index in [2.05, 4.69) is 9.98 Å². The number of hydrogen-bond acceptors (Lipinski definition) is 5. The van der Waals surface area contributed by atoms with Crippen molar-refractivity contribution < 1.29 is 9.34 Å². The Kier molecular flexibility index (Phi) is 5.25. The minimum Gasteiger partial charge on any atom is -0.440 e. The van der Waals surface area contributed by atoms with Crippen LogP contribution < -0.4 is 0 Å². The van der Waals surface area contributed by atoms with Crippen molar-refractivity contribution >= 4 is 34.8 Å². The Morgan fingerprint density at radius 3 is 2.66 bits per heavy atom. The van der Waals surface area contributed by atoms with Crippen molar-refractivity contribution in [2.75, 3.05) is 0 Å². The first-order chi connectivity index (χ1) is 14.2. The number of nitro groups is 1. The lowest BCUT2D eigenvalue weighted by atomic mass is 10.1. The first-order valence-corrected chi connectivity index (χ1v) is 9.06. The highest BCUT2D eigenvalue weighted by Crippen LogP contribution is 2.23. The second kappa shape index (κ2) is 8.31. The lowest BCUT2D eigenvalue weighted by Crippen LogP contribution is -1.90. The fourth-order valence-electron chi connectivity index (χ4n) is 2.96. The van der Waals surface area contributed by atoms with Gasteiger partial charge in [0.2, 0.25) is 0 Å². The molecule has 3 aromatic carbocycles. The molecule has 0 saturated heterocycles. The number of para-hydroxylation sites is 1. The minimum absolute atomic E-state index is 0.0621. The van der Waals surface area contributed by atoms with Crippen LogP contribution in [0.4, 0.5) is 11.4 Å². The van der Waals surface area contributed by atoms with Crippen LogP contribution in [0.3, 0.4) is 0 Å². The van der Waals surface area contributed by atoms with Crippen LogP contribution in [0, 0.1) is 10.1 Å². The molecule has 6 heteroatoms. The van der Waals surface area contributed by atoms with Gasteiger partial charge >= 0.3 is 0 Å². The predicted octanol–water partition coefficient (Wildman–Crippen LogP) is 5.74. The summed E-state index contributed by atoms with van der Waals surface area (Å²) in [4.78, 5) is 19.6. The van der Waals surface area contributed by atoms with E-state index in [0.717, 1.165) is 16.8 Å². The average molecular weight is 383 g/mol. The number of nitro benzene ring substituents is 1. The van der Waals surface area contributed by atoms with Crippen molar-refractivity contribution in [3.63, 3.8) is 0 Å². The molecule has 0 atom stereocenters. The van der Waals surface area contributed by atoms with Crippen LogP contribution in [0.1, 0.15) is 17.0 Å². The molecule has 0 aliphatic heterocycles. The molecule has 1 aromatic heterocycles. The maximum absolute atomic E-state index is 11.0. The van der Waals surface area contributed by atoms with E-state index < -0.39 is 4.92 Å². The molecule has 4 aromatic rings. The molecule has 6 nitrogen and oxygen atoms in total. The van der Waals surface area contributed by atoms with Gasteiger partial charge in [-0.1, -0.05) is 42.5 Å². The maximum Gasteiger partial charge on any atom is 0.276 e. The van der Waals surface area contributed by atoms with Gasteiger partial charge in [0.25, 0.3) is 5.69 Å². The zero-order chi connectivity index (χ0) is 20.1. The number of rotatable bonds is 6. The third-order valence-corrected chi connectivity index (χ3v) is 4.33. The SMILES string of the molecule is O=[N+]([O-])c1ccccc1/C=C/C=Nc1ccc2oc(Cc3ccccc3)nc2c1. The topological polar surface area (TPSA) is 81.5 Å². The van der Waals surface area contributed by atoms with Crippen molar-refractivity contribution in [3.05, 3.63) is 106 Å². The van der Waals surface area contributed by atoms with E-state index in [4.69, 9.17) is 4.42 Å². The van der Waals surface area contributed by atoms with Gasteiger partial charge in [-0.3, -0.25) is 15.1 Å². The van der Waals surface area contributed by atoms with Crippen LogP contribution in [0.2, 0.25) is 0 Å². The minimum atomic E-state index is -0.400. The van der Waals surface area contributed by atoms with Gasteiger partial charge in [0.05, 0.1) is 16.2 Å². The summed E-state index contributed by atoms with van der Waals surface area (Å²) in [5, 5.41) is 11.0.